The van der Waals surface area contributed by atoms with Gasteiger partial charge in [0, 0.05) is 44.5 Å². The topological polar surface area (TPSA) is 34.2 Å². The van der Waals surface area contributed by atoms with E-state index < -0.39 is 0 Å². The summed E-state index contributed by atoms with van der Waals surface area (Å²) in [4.78, 5) is 7.38. The van der Waals surface area contributed by atoms with Gasteiger partial charge in [-0.05, 0) is 108 Å². The van der Waals surface area contributed by atoms with Gasteiger partial charge in [-0.1, -0.05) is 97.1 Å². The van der Waals surface area contributed by atoms with Gasteiger partial charge in [0.15, 0.2) is 5.58 Å². The lowest BCUT2D eigenvalue weighted by molar-refractivity contribution is 0.620. The molecule has 0 fully saturated rings. The van der Waals surface area contributed by atoms with Crippen LogP contribution in [0.25, 0.3) is 66.4 Å². The molecule has 0 bridgehead atoms. The van der Waals surface area contributed by atoms with Gasteiger partial charge in [-0.25, -0.2) is 4.98 Å². The lowest BCUT2D eigenvalue weighted by Crippen LogP contribution is -2.17. The Balaban J connectivity index is 1.07. The molecule has 242 valence electrons. The fourth-order valence-electron chi connectivity index (χ4n) is 7.78. The van der Waals surface area contributed by atoms with E-state index in [1.165, 1.54) is 49.7 Å². The van der Waals surface area contributed by atoms with Gasteiger partial charge < -0.3 is 13.9 Å². The molecule has 0 saturated carbocycles. The van der Waals surface area contributed by atoms with Crippen molar-refractivity contribution in [1.29, 1.82) is 0 Å². The highest BCUT2D eigenvalue weighted by molar-refractivity contribution is 6.11. The second kappa shape index (κ2) is 12.0. The number of hydrogen-bond donors (Lipinski definition) is 0. The zero-order chi connectivity index (χ0) is 33.7. The molecule has 0 spiro atoms. The van der Waals surface area contributed by atoms with Crippen LogP contribution in [0, 0.1) is 0 Å². The van der Waals surface area contributed by atoms with E-state index in [1.54, 1.807) is 0 Å². The molecule has 1 aliphatic carbocycles. The summed E-state index contributed by atoms with van der Waals surface area (Å²) in [6.45, 7) is 0. The molecular formula is C47H33N3O. The number of rotatable bonds is 6. The number of benzene rings is 7. The van der Waals surface area contributed by atoms with Crippen LogP contribution in [-0.2, 0) is 0 Å². The van der Waals surface area contributed by atoms with E-state index in [9.17, 15) is 0 Å². The summed E-state index contributed by atoms with van der Waals surface area (Å²) in [5.41, 5.74) is 12.4. The third-order valence-corrected chi connectivity index (χ3v) is 10.1. The number of para-hydroxylation sites is 3. The van der Waals surface area contributed by atoms with Gasteiger partial charge >= 0.3 is 0 Å². The Labute approximate surface area is 295 Å². The van der Waals surface area contributed by atoms with Crippen molar-refractivity contribution in [2.75, 3.05) is 4.90 Å². The molecule has 0 aliphatic heterocycles. The molecule has 4 heteroatoms. The van der Waals surface area contributed by atoms with Gasteiger partial charge in [0.25, 0.3) is 0 Å². The number of fused-ring (bicyclic) bond motifs is 6. The molecule has 9 aromatic rings. The van der Waals surface area contributed by atoms with E-state index in [4.69, 9.17) is 9.40 Å². The van der Waals surface area contributed by atoms with E-state index in [0.29, 0.717) is 5.89 Å². The number of allylic oxidation sites excluding steroid dienone is 4. The first kappa shape index (κ1) is 29.3. The molecule has 2 heterocycles. The number of nitrogens with zero attached hydrogens (tertiary/aromatic N) is 3. The Morgan fingerprint density at radius 1 is 0.529 bits per heavy atom. The molecule has 0 saturated heterocycles. The van der Waals surface area contributed by atoms with Crippen molar-refractivity contribution in [3.05, 3.63) is 187 Å². The molecule has 10 rings (SSSR count). The summed E-state index contributed by atoms with van der Waals surface area (Å²) < 4.78 is 8.57. The standard InChI is InChI=1S/C47H33N3O/c1-4-13-33(14-5-1)47-48-46-41-21-12-20-38(39(41)28-30-45(46)51-47)32-23-25-36(26-24-32)49(34-15-6-2-7-16-34)37-27-29-44-42(31-37)40-19-10-11-22-43(40)50(44)35-17-8-3-9-18-35/h1-23,25,27-31H,24,26H2. The maximum absolute atomic E-state index is 6.20. The van der Waals surface area contributed by atoms with Gasteiger partial charge in [0.1, 0.15) is 5.52 Å². The van der Waals surface area contributed by atoms with E-state index in [-0.39, 0.29) is 0 Å². The monoisotopic (exact) mass is 655 g/mol. The van der Waals surface area contributed by atoms with E-state index >= 15 is 0 Å². The number of anilines is 2. The van der Waals surface area contributed by atoms with Crippen LogP contribution in [-0.4, -0.2) is 9.55 Å². The predicted molar refractivity (Wildman–Crippen MR) is 212 cm³/mol. The zero-order valence-corrected chi connectivity index (χ0v) is 27.9. The summed E-state index contributed by atoms with van der Waals surface area (Å²) in [6.07, 6.45) is 6.46. The minimum Gasteiger partial charge on any atom is -0.436 e. The van der Waals surface area contributed by atoms with Crippen LogP contribution < -0.4 is 4.90 Å². The number of hydrogen-bond acceptors (Lipinski definition) is 3. The molecule has 0 amide bonds. The molecule has 0 radical (unpaired) electrons. The average molecular weight is 656 g/mol. The Morgan fingerprint density at radius 2 is 1.25 bits per heavy atom. The fourth-order valence-corrected chi connectivity index (χ4v) is 7.78. The largest absolute Gasteiger partial charge is 0.436 e. The highest BCUT2D eigenvalue weighted by Gasteiger charge is 2.21. The predicted octanol–water partition coefficient (Wildman–Crippen LogP) is 12.6. The molecular weight excluding hydrogens is 623 g/mol. The van der Waals surface area contributed by atoms with Crippen LogP contribution in [0.1, 0.15) is 18.4 Å². The first-order chi connectivity index (χ1) is 25.3. The summed E-state index contributed by atoms with van der Waals surface area (Å²) in [6, 6.07) is 57.9. The van der Waals surface area contributed by atoms with Crippen LogP contribution in [0.15, 0.2) is 186 Å². The Hall–Kier alpha value is -6.65. The lowest BCUT2D eigenvalue weighted by atomic mass is 9.91. The summed E-state index contributed by atoms with van der Waals surface area (Å²) >= 11 is 0. The summed E-state index contributed by atoms with van der Waals surface area (Å²) in [7, 11) is 0. The smallest absolute Gasteiger partial charge is 0.227 e. The second-order valence-electron chi connectivity index (χ2n) is 13.1. The molecule has 4 nitrogen and oxygen atoms in total. The van der Waals surface area contributed by atoms with Crippen molar-refractivity contribution >= 4 is 60.6 Å². The first-order valence-electron chi connectivity index (χ1n) is 17.5. The Morgan fingerprint density at radius 3 is 2.06 bits per heavy atom. The van der Waals surface area contributed by atoms with Gasteiger partial charge in [-0.2, -0.15) is 0 Å². The molecule has 1 aliphatic rings. The highest BCUT2D eigenvalue weighted by atomic mass is 16.3. The van der Waals surface area contributed by atoms with Crippen LogP contribution in [0.4, 0.5) is 11.4 Å². The quantitative estimate of drug-likeness (QED) is 0.179. The number of oxazole rings is 1. The molecule has 0 N–H and O–H groups in total. The van der Waals surface area contributed by atoms with Crippen molar-refractivity contribution in [3.8, 4) is 17.1 Å². The SMILES string of the molecule is C1=C(c2cccc3c2ccc2oc(-c4ccccc4)nc23)CCC(N(c2ccccc2)c2ccc3c(c2)c2ccccc2n3-c2ccccc2)=C1. The van der Waals surface area contributed by atoms with Crippen LogP contribution in [0.2, 0.25) is 0 Å². The maximum Gasteiger partial charge on any atom is 0.227 e. The lowest BCUT2D eigenvalue weighted by Gasteiger charge is -2.30. The Bertz CT molecular complexity index is 2790. The van der Waals surface area contributed by atoms with Crippen molar-refractivity contribution in [3.63, 3.8) is 0 Å². The van der Waals surface area contributed by atoms with Crippen LogP contribution >= 0.6 is 0 Å². The van der Waals surface area contributed by atoms with Gasteiger partial charge in [-0.15, -0.1) is 0 Å². The third kappa shape index (κ3) is 4.95. The van der Waals surface area contributed by atoms with Gasteiger partial charge in [-0.3, -0.25) is 0 Å². The molecule has 2 aromatic heterocycles. The van der Waals surface area contributed by atoms with E-state index in [1.807, 2.05) is 30.3 Å². The van der Waals surface area contributed by atoms with Crippen molar-refractivity contribution in [2.24, 2.45) is 0 Å². The Kier molecular flexibility index (Phi) is 6.91. The van der Waals surface area contributed by atoms with Crippen molar-refractivity contribution in [1.82, 2.24) is 9.55 Å². The molecule has 7 aromatic carbocycles. The minimum absolute atomic E-state index is 0.650. The zero-order valence-electron chi connectivity index (χ0n) is 27.9. The van der Waals surface area contributed by atoms with Gasteiger partial charge in [0.05, 0.1) is 11.0 Å². The second-order valence-corrected chi connectivity index (χ2v) is 13.1. The fraction of sp³-hybridized carbons (Fsp3) is 0.0426. The van der Waals surface area contributed by atoms with Crippen molar-refractivity contribution < 1.29 is 4.42 Å². The average Bonchev–Trinajstić information content (AvgIpc) is 3.79. The summed E-state index contributed by atoms with van der Waals surface area (Å²) in [5.74, 6) is 0.650. The molecule has 51 heavy (non-hydrogen) atoms. The summed E-state index contributed by atoms with van der Waals surface area (Å²) in [5, 5.41) is 4.80. The molecule has 0 atom stereocenters. The highest BCUT2D eigenvalue weighted by Crippen LogP contribution is 2.41. The van der Waals surface area contributed by atoms with E-state index in [0.717, 1.165) is 46.3 Å². The first-order valence-corrected chi connectivity index (χ1v) is 17.5. The minimum atomic E-state index is 0.650. The number of aromatic nitrogens is 2. The van der Waals surface area contributed by atoms with Crippen LogP contribution in [0.3, 0.4) is 0 Å². The third-order valence-electron chi connectivity index (χ3n) is 10.1. The van der Waals surface area contributed by atoms with Crippen molar-refractivity contribution in [2.45, 2.75) is 12.8 Å². The maximum atomic E-state index is 6.20. The molecule has 0 unspecified atom stereocenters. The van der Waals surface area contributed by atoms with E-state index in [2.05, 4.69) is 155 Å². The normalized spacial score (nSPS) is 13.2. The van der Waals surface area contributed by atoms with Crippen LogP contribution in [0.5, 0.6) is 0 Å². The van der Waals surface area contributed by atoms with Gasteiger partial charge in [0.2, 0.25) is 5.89 Å².